The number of hydrogen-bond donors (Lipinski definition) is 1. The van der Waals surface area contributed by atoms with Crippen LogP contribution in [-0.2, 0) is 11.2 Å². The zero-order valence-electron chi connectivity index (χ0n) is 10.9. The molecule has 0 amide bonds. The van der Waals surface area contributed by atoms with Crippen molar-refractivity contribution in [1.29, 1.82) is 0 Å². The molecular formula is C14H16BrN3O. The number of nitrogen functional groups attached to an aromatic ring is 1. The van der Waals surface area contributed by atoms with Crippen molar-refractivity contribution in [3.8, 4) is 11.3 Å². The van der Waals surface area contributed by atoms with Gasteiger partial charge >= 0.3 is 0 Å². The molecule has 1 aromatic heterocycles. The van der Waals surface area contributed by atoms with Crippen LogP contribution in [0.25, 0.3) is 11.3 Å². The first-order valence-corrected chi connectivity index (χ1v) is 6.81. The zero-order chi connectivity index (χ0) is 13.8. The van der Waals surface area contributed by atoms with E-state index in [0.717, 1.165) is 15.7 Å². The predicted octanol–water partition coefficient (Wildman–Crippen LogP) is 3.07. The summed E-state index contributed by atoms with van der Waals surface area (Å²) >= 11 is 3.45. The molecule has 0 aliphatic rings. The monoisotopic (exact) mass is 321 g/mol. The van der Waals surface area contributed by atoms with Gasteiger partial charge in [0.15, 0.2) is 0 Å². The fourth-order valence-corrected chi connectivity index (χ4v) is 2.14. The summed E-state index contributed by atoms with van der Waals surface area (Å²) in [4.78, 5) is 8.86. The Hall–Kier alpha value is -1.46. The summed E-state index contributed by atoms with van der Waals surface area (Å²) in [5.41, 5.74) is 7.76. The second kappa shape index (κ2) is 6.12. The topological polar surface area (TPSA) is 61.0 Å². The Morgan fingerprint density at radius 1 is 1.26 bits per heavy atom. The van der Waals surface area contributed by atoms with E-state index in [4.69, 9.17) is 10.5 Å². The van der Waals surface area contributed by atoms with Crippen LogP contribution >= 0.6 is 15.9 Å². The predicted molar refractivity (Wildman–Crippen MR) is 79.8 cm³/mol. The van der Waals surface area contributed by atoms with Gasteiger partial charge in [-0.05, 0) is 22.9 Å². The number of ether oxygens (including phenoxy) is 1. The fraction of sp³-hybridized carbons (Fsp3) is 0.286. The number of nitrogens with two attached hydrogens (primary N) is 1. The Kier molecular flexibility index (Phi) is 4.50. The summed E-state index contributed by atoms with van der Waals surface area (Å²) in [6.07, 6.45) is 0.692. The molecule has 1 atom stereocenters. The largest absolute Gasteiger partial charge is 0.383 e. The van der Waals surface area contributed by atoms with Crippen LogP contribution in [0.5, 0.6) is 0 Å². The lowest BCUT2D eigenvalue weighted by atomic mass is 10.1. The Labute approximate surface area is 121 Å². The van der Waals surface area contributed by atoms with Crippen molar-refractivity contribution in [2.45, 2.75) is 19.4 Å². The molecule has 19 heavy (non-hydrogen) atoms. The molecule has 0 fully saturated rings. The summed E-state index contributed by atoms with van der Waals surface area (Å²) < 4.78 is 5.97. The smallest absolute Gasteiger partial charge is 0.142 e. The van der Waals surface area contributed by atoms with Crippen LogP contribution in [0.2, 0.25) is 0 Å². The van der Waals surface area contributed by atoms with Gasteiger partial charge in [-0.2, -0.15) is 0 Å². The zero-order valence-corrected chi connectivity index (χ0v) is 12.5. The Morgan fingerprint density at radius 3 is 2.58 bits per heavy atom. The molecule has 4 nitrogen and oxygen atoms in total. The molecule has 1 unspecified atom stereocenters. The van der Waals surface area contributed by atoms with Crippen molar-refractivity contribution in [1.82, 2.24) is 9.97 Å². The van der Waals surface area contributed by atoms with Gasteiger partial charge in [-0.1, -0.05) is 30.3 Å². The number of benzene rings is 1. The third kappa shape index (κ3) is 3.30. The van der Waals surface area contributed by atoms with Crippen molar-refractivity contribution < 1.29 is 4.74 Å². The van der Waals surface area contributed by atoms with E-state index in [2.05, 4.69) is 25.9 Å². The maximum Gasteiger partial charge on any atom is 0.142 e. The van der Waals surface area contributed by atoms with E-state index in [0.29, 0.717) is 18.1 Å². The van der Waals surface area contributed by atoms with Gasteiger partial charge in [-0.15, -0.1) is 0 Å². The highest BCUT2D eigenvalue weighted by molar-refractivity contribution is 9.10. The lowest BCUT2D eigenvalue weighted by Crippen LogP contribution is -2.13. The van der Waals surface area contributed by atoms with Crippen LogP contribution in [-0.4, -0.2) is 23.2 Å². The summed E-state index contributed by atoms with van der Waals surface area (Å²) in [6, 6.07) is 9.90. The normalized spacial score (nSPS) is 12.4. The highest BCUT2D eigenvalue weighted by atomic mass is 79.9. The number of halogens is 1. The molecule has 2 rings (SSSR count). The first kappa shape index (κ1) is 14.0. The maximum atomic E-state index is 5.94. The van der Waals surface area contributed by atoms with Crippen LogP contribution in [0.1, 0.15) is 12.7 Å². The molecule has 0 radical (unpaired) electrons. The molecule has 100 valence electrons. The van der Waals surface area contributed by atoms with E-state index >= 15 is 0 Å². The third-order valence-corrected chi connectivity index (χ3v) is 3.62. The average Bonchev–Trinajstić information content (AvgIpc) is 2.43. The van der Waals surface area contributed by atoms with Crippen molar-refractivity contribution in [3.63, 3.8) is 0 Å². The molecule has 0 spiro atoms. The lowest BCUT2D eigenvalue weighted by molar-refractivity contribution is 0.117. The van der Waals surface area contributed by atoms with Crippen LogP contribution < -0.4 is 5.73 Å². The van der Waals surface area contributed by atoms with Crippen molar-refractivity contribution in [3.05, 3.63) is 40.6 Å². The van der Waals surface area contributed by atoms with Gasteiger partial charge in [0.05, 0.1) is 16.3 Å². The average molecular weight is 322 g/mol. The van der Waals surface area contributed by atoms with Crippen molar-refractivity contribution in [2.24, 2.45) is 0 Å². The van der Waals surface area contributed by atoms with Crippen LogP contribution in [0.4, 0.5) is 5.82 Å². The van der Waals surface area contributed by atoms with Gasteiger partial charge in [0.1, 0.15) is 11.6 Å². The Morgan fingerprint density at radius 2 is 1.95 bits per heavy atom. The van der Waals surface area contributed by atoms with Crippen LogP contribution in [0, 0.1) is 0 Å². The lowest BCUT2D eigenvalue weighted by Gasteiger charge is -2.12. The standard InChI is InChI=1S/C14H16BrN3O/c1-9(19-2)8-11-17-13(12(15)14(16)18-11)10-6-4-3-5-7-10/h3-7,9H,8H2,1-2H3,(H2,16,17,18). The van der Waals surface area contributed by atoms with Crippen molar-refractivity contribution >= 4 is 21.7 Å². The molecule has 5 heteroatoms. The maximum absolute atomic E-state index is 5.94. The van der Waals surface area contributed by atoms with E-state index < -0.39 is 0 Å². The highest BCUT2D eigenvalue weighted by Gasteiger charge is 2.13. The SMILES string of the molecule is COC(C)Cc1nc(N)c(Br)c(-c2ccccc2)n1. The van der Waals surface area contributed by atoms with Gasteiger partial charge in [-0.3, -0.25) is 0 Å². The van der Waals surface area contributed by atoms with Gasteiger partial charge in [0, 0.05) is 19.1 Å². The molecule has 2 N–H and O–H groups in total. The molecule has 1 heterocycles. The molecule has 0 saturated carbocycles. The number of hydrogen-bond acceptors (Lipinski definition) is 4. The van der Waals surface area contributed by atoms with Crippen LogP contribution in [0.15, 0.2) is 34.8 Å². The minimum absolute atomic E-state index is 0.0594. The number of anilines is 1. The molecular weight excluding hydrogens is 306 g/mol. The minimum Gasteiger partial charge on any atom is -0.383 e. The number of aromatic nitrogens is 2. The first-order chi connectivity index (χ1) is 9.11. The molecule has 0 aliphatic heterocycles. The van der Waals surface area contributed by atoms with E-state index in [9.17, 15) is 0 Å². The van der Waals surface area contributed by atoms with E-state index in [-0.39, 0.29) is 6.10 Å². The van der Waals surface area contributed by atoms with Crippen molar-refractivity contribution in [2.75, 3.05) is 12.8 Å². The quantitative estimate of drug-likeness (QED) is 0.940. The number of nitrogens with zero attached hydrogens (tertiary/aromatic N) is 2. The molecule has 0 aliphatic carbocycles. The second-order valence-corrected chi connectivity index (χ2v) is 5.10. The highest BCUT2D eigenvalue weighted by Crippen LogP contribution is 2.30. The number of rotatable bonds is 4. The van der Waals surface area contributed by atoms with Crippen LogP contribution in [0.3, 0.4) is 0 Å². The summed E-state index contributed by atoms with van der Waals surface area (Å²) in [6.45, 7) is 1.98. The third-order valence-electron chi connectivity index (χ3n) is 2.84. The van der Waals surface area contributed by atoms with E-state index in [1.807, 2.05) is 37.3 Å². The molecule has 1 aromatic carbocycles. The van der Waals surface area contributed by atoms with Gasteiger partial charge in [-0.25, -0.2) is 9.97 Å². The summed E-state index contributed by atoms with van der Waals surface area (Å²) in [5, 5.41) is 0. The summed E-state index contributed by atoms with van der Waals surface area (Å²) in [7, 11) is 1.67. The van der Waals surface area contributed by atoms with Gasteiger partial charge in [0.2, 0.25) is 0 Å². The minimum atomic E-state index is 0.0594. The Bertz CT molecular complexity index is 560. The second-order valence-electron chi connectivity index (χ2n) is 4.30. The number of methoxy groups -OCH3 is 1. The van der Waals surface area contributed by atoms with E-state index in [1.54, 1.807) is 7.11 Å². The fourth-order valence-electron chi connectivity index (χ4n) is 1.73. The van der Waals surface area contributed by atoms with Gasteiger partial charge < -0.3 is 10.5 Å². The van der Waals surface area contributed by atoms with Gasteiger partial charge in [0.25, 0.3) is 0 Å². The molecule has 2 aromatic rings. The first-order valence-electron chi connectivity index (χ1n) is 6.02. The molecule has 0 saturated heterocycles. The molecule has 0 bridgehead atoms. The Balaban J connectivity index is 2.43. The van der Waals surface area contributed by atoms with E-state index in [1.165, 1.54) is 0 Å². The summed E-state index contributed by atoms with van der Waals surface area (Å²) in [5.74, 6) is 1.14.